The standard InChI is InChI=1S/C15H19F3N2/c16-12-5-4-11(13(17)14(12)18)15(10-2-1-3-10)20-8-6-19-7-9-20/h4-5,10,15,19H,1-3,6-9H2/t15-/m0/s1. The van der Waals surface area contributed by atoms with Gasteiger partial charge in [-0.05, 0) is 24.8 Å². The van der Waals surface area contributed by atoms with E-state index in [-0.39, 0.29) is 6.04 Å². The average Bonchev–Trinajstić information content (AvgIpc) is 2.42. The van der Waals surface area contributed by atoms with Gasteiger partial charge in [-0.25, -0.2) is 13.2 Å². The lowest BCUT2D eigenvalue weighted by atomic mass is 9.76. The van der Waals surface area contributed by atoms with E-state index >= 15 is 0 Å². The molecule has 0 spiro atoms. The SMILES string of the molecule is Fc1ccc([C@H](C2CCC2)N2CCNCC2)c(F)c1F. The van der Waals surface area contributed by atoms with Crippen LogP contribution < -0.4 is 5.32 Å². The molecule has 110 valence electrons. The molecule has 1 saturated carbocycles. The lowest BCUT2D eigenvalue weighted by molar-refractivity contribution is 0.0805. The number of hydrogen-bond acceptors (Lipinski definition) is 2. The van der Waals surface area contributed by atoms with Gasteiger partial charge in [0.2, 0.25) is 0 Å². The molecule has 2 nitrogen and oxygen atoms in total. The zero-order valence-corrected chi connectivity index (χ0v) is 11.3. The Morgan fingerprint density at radius 2 is 1.75 bits per heavy atom. The first-order valence-corrected chi connectivity index (χ1v) is 7.26. The molecule has 3 rings (SSSR count). The lowest BCUT2D eigenvalue weighted by Crippen LogP contribution is -2.48. The molecule has 20 heavy (non-hydrogen) atoms. The summed E-state index contributed by atoms with van der Waals surface area (Å²) in [7, 11) is 0. The summed E-state index contributed by atoms with van der Waals surface area (Å²) in [6, 6.07) is 2.33. The van der Waals surface area contributed by atoms with Crippen LogP contribution in [0.15, 0.2) is 12.1 Å². The fourth-order valence-electron chi connectivity index (χ4n) is 3.23. The molecule has 1 aliphatic carbocycles. The largest absolute Gasteiger partial charge is 0.314 e. The second-order valence-electron chi connectivity index (χ2n) is 5.69. The molecule has 1 aliphatic heterocycles. The summed E-state index contributed by atoms with van der Waals surface area (Å²) in [6.07, 6.45) is 3.21. The van der Waals surface area contributed by atoms with Crippen molar-refractivity contribution in [1.82, 2.24) is 10.2 Å². The number of nitrogens with one attached hydrogen (secondary N) is 1. The van der Waals surface area contributed by atoms with Crippen molar-refractivity contribution in [3.8, 4) is 0 Å². The number of hydrogen-bond donors (Lipinski definition) is 1. The molecule has 0 aromatic heterocycles. The van der Waals surface area contributed by atoms with Crippen molar-refractivity contribution in [2.45, 2.75) is 25.3 Å². The van der Waals surface area contributed by atoms with E-state index < -0.39 is 17.5 Å². The van der Waals surface area contributed by atoms with Gasteiger partial charge in [-0.3, -0.25) is 4.90 Å². The predicted octanol–water partition coefficient (Wildman–Crippen LogP) is 2.85. The zero-order chi connectivity index (χ0) is 14.1. The second-order valence-corrected chi connectivity index (χ2v) is 5.69. The fraction of sp³-hybridized carbons (Fsp3) is 0.600. The van der Waals surface area contributed by atoms with Crippen molar-refractivity contribution >= 4 is 0 Å². The quantitative estimate of drug-likeness (QED) is 0.859. The van der Waals surface area contributed by atoms with Crippen LogP contribution in [0.2, 0.25) is 0 Å². The second kappa shape index (κ2) is 5.74. The Morgan fingerprint density at radius 3 is 2.35 bits per heavy atom. The van der Waals surface area contributed by atoms with Gasteiger partial charge in [-0.15, -0.1) is 0 Å². The molecule has 0 radical (unpaired) electrons. The Balaban J connectivity index is 1.94. The Hall–Kier alpha value is -1.07. The third-order valence-corrected chi connectivity index (χ3v) is 4.53. The summed E-state index contributed by atoms with van der Waals surface area (Å²) in [5.74, 6) is -3.12. The average molecular weight is 284 g/mol. The Morgan fingerprint density at radius 1 is 1.05 bits per heavy atom. The molecule has 0 bridgehead atoms. The molecule has 1 saturated heterocycles. The van der Waals surface area contributed by atoms with Crippen LogP contribution in [0.4, 0.5) is 13.2 Å². The van der Waals surface area contributed by atoms with Crippen LogP contribution >= 0.6 is 0 Å². The molecule has 1 N–H and O–H groups in total. The first kappa shape index (κ1) is 13.9. The topological polar surface area (TPSA) is 15.3 Å². The highest BCUT2D eigenvalue weighted by molar-refractivity contribution is 5.25. The highest BCUT2D eigenvalue weighted by Gasteiger charge is 2.36. The van der Waals surface area contributed by atoms with E-state index in [1.807, 2.05) is 0 Å². The van der Waals surface area contributed by atoms with Gasteiger partial charge in [-0.1, -0.05) is 12.5 Å². The van der Waals surface area contributed by atoms with E-state index in [1.165, 1.54) is 6.07 Å². The third-order valence-electron chi connectivity index (χ3n) is 4.53. The van der Waals surface area contributed by atoms with E-state index in [9.17, 15) is 13.2 Å². The summed E-state index contributed by atoms with van der Waals surface area (Å²) in [6.45, 7) is 3.35. The van der Waals surface area contributed by atoms with Gasteiger partial charge >= 0.3 is 0 Å². The summed E-state index contributed by atoms with van der Waals surface area (Å²) < 4.78 is 40.8. The van der Waals surface area contributed by atoms with Gasteiger partial charge in [-0.2, -0.15) is 0 Å². The van der Waals surface area contributed by atoms with Crippen LogP contribution in [0.25, 0.3) is 0 Å². The molecular formula is C15H19F3N2. The Kier molecular flexibility index (Phi) is 3.98. The minimum atomic E-state index is -1.35. The van der Waals surface area contributed by atoms with Crippen molar-refractivity contribution in [1.29, 1.82) is 0 Å². The normalized spacial score (nSPS) is 22.6. The molecule has 1 atom stereocenters. The van der Waals surface area contributed by atoms with Crippen LogP contribution in [0.1, 0.15) is 30.9 Å². The van der Waals surface area contributed by atoms with Crippen molar-refractivity contribution in [2.24, 2.45) is 5.92 Å². The van der Waals surface area contributed by atoms with Crippen LogP contribution in [0, 0.1) is 23.4 Å². The number of benzene rings is 1. The van der Waals surface area contributed by atoms with Crippen molar-refractivity contribution in [3.05, 3.63) is 35.1 Å². The first-order chi connectivity index (χ1) is 9.68. The van der Waals surface area contributed by atoms with Gasteiger partial charge in [0.25, 0.3) is 0 Å². The number of piperazine rings is 1. The molecule has 2 aliphatic rings. The van der Waals surface area contributed by atoms with E-state index in [1.54, 1.807) is 0 Å². The summed E-state index contributed by atoms with van der Waals surface area (Å²) in [5.41, 5.74) is 0.315. The molecule has 0 amide bonds. The molecule has 2 fully saturated rings. The zero-order valence-electron chi connectivity index (χ0n) is 11.3. The minimum absolute atomic E-state index is 0.124. The molecule has 1 heterocycles. The van der Waals surface area contributed by atoms with Crippen LogP contribution in [0.3, 0.4) is 0 Å². The number of nitrogens with zero attached hydrogens (tertiary/aromatic N) is 1. The summed E-state index contributed by atoms with van der Waals surface area (Å²) in [4.78, 5) is 2.20. The highest BCUT2D eigenvalue weighted by Crippen LogP contribution is 2.42. The molecule has 1 aromatic rings. The van der Waals surface area contributed by atoms with Gasteiger partial charge in [0.15, 0.2) is 17.5 Å². The molecular weight excluding hydrogens is 265 g/mol. The number of halogens is 3. The van der Waals surface area contributed by atoms with Crippen LogP contribution in [-0.2, 0) is 0 Å². The highest BCUT2D eigenvalue weighted by atomic mass is 19.2. The van der Waals surface area contributed by atoms with Gasteiger partial charge in [0.05, 0.1) is 0 Å². The molecule has 0 unspecified atom stereocenters. The van der Waals surface area contributed by atoms with E-state index in [2.05, 4.69) is 10.2 Å². The monoisotopic (exact) mass is 284 g/mol. The number of rotatable bonds is 3. The summed E-state index contributed by atoms with van der Waals surface area (Å²) in [5, 5.41) is 3.26. The van der Waals surface area contributed by atoms with Crippen molar-refractivity contribution in [2.75, 3.05) is 26.2 Å². The fourth-order valence-corrected chi connectivity index (χ4v) is 3.23. The van der Waals surface area contributed by atoms with E-state index in [0.29, 0.717) is 11.5 Å². The Bertz CT molecular complexity index is 482. The molecule has 1 aromatic carbocycles. The van der Waals surface area contributed by atoms with Crippen molar-refractivity contribution in [3.63, 3.8) is 0 Å². The summed E-state index contributed by atoms with van der Waals surface area (Å²) >= 11 is 0. The van der Waals surface area contributed by atoms with E-state index in [4.69, 9.17) is 0 Å². The lowest BCUT2D eigenvalue weighted by Gasteiger charge is -2.43. The van der Waals surface area contributed by atoms with Crippen LogP contribution in [0.5, 0.6) is 0 Å². The molecule has 5 heteroatoms. The van der Waals surface area contributed by atoms with Crippen LogP contribution in [-0.4, -0.2) is 31.1 Å². The van der Waals surface area contributed by atoms with Gasteiger partial charge in [0, 0.05) is 37.8 Å². The van der Waals surface area contributed by atoms with Gasteiger partial charge in [0.1, 0.15) is 0 Å². The van der Waals surface area contributed by atoms with Gasteiger partial charge < -0.3 is 5.32 Å². The Labute approximate surface area is 117 Å². The smallest absolute Gasteiger partial charge is 0.194 e. The maximum absolute atomic E-state index is 14.1. The third kappa shape index (κ3) is 2.44. The van der Waals surface area contributed by atoms with Crippen molar-refractivity contribution < 1.29 is 13.2 Å². The predicted molar refractivity (Wildman–Crippen MR) is 70.8 cm³/mol. The maximum atomic E-state index is 14.1. The maximum Gasteiger partial charge on any atom is 0.194 e. The van der Waals surface area contributed by atoms with E-state index in [0.717, 1.165) is 51.5 Å². The first-order valence-electron chi connectivity index (χ1n) is 7.26. The minimum Gasteiger partial charge on any atom is -0.314 e.